The van der Waals surface area contributed by atoms with Crippen LogP contribution in [0.2, 0.25) is 0 Å². The predicted octanol–water partition coefficient (Wildman–Crippen LogP) is 3.99. The van der Waals surface area contributed by atoms with Gasteiger partial charge in [0.15, 0.2) is 12.6 Å². The fourth-order valence-corrected chi connectivity index (χ4v) is 2.36. The van der Waals surface area contributed by atoms with Gasteiger partial charge in [-0.05, 0) is 12.8 Å². The van der Waals surface area contributed by atoms with Crippen LogP contribution < -0.4 is 0 Å². The molecule has 0 aromatic heterocycles. The molecule has 1 saturated heterocycles. The zero-order valence-electron chi connectivity index (χ0n) is 11.9. The lowest BCUT2D eigenvalue weighted by molar-refractivity contribution is -0.271. The summed E-state index contributed by atoms with van der Waals surface area (Å²) in [5, 5.41) is 9.32. The molecule has 1 aliphatic rings. The molecule has 3 nitrogen and oxygen atoms in total. The second kappa shape index (κ2) is 10.8. The smallest absolute Gasteiger partial charge is 0.160 e. The molecule has 0 amide bonds. The van der Waals surface area contributed by atoms with E-state index in [1.54, 1.807) is 0 Å². The normalized spacial score (nSPS) is 24.3. The van der Waals surface area contributed by atoms with E-state index in [0.717, 1.165) is 12.8 Å². The van der Waals surface area contributed by atoms with E-state index >= 15 is 0 Å². The first kappa shape index (κ1) is 15.9. The summed E-state index contributed by atoms with van der Waals surface area (Å²) in [6.07, 6.45) is 12.7. The Hall–Kier alpha value is -0.120. The molecule has 0 aromatic carbocycles. The van der Waals surface area contributed by atoms with Crippen molar-refractivity contribution in [2.45, 2.75) is 90.1 Å². The Morgan fingerprint density at radius 3 is 2.17 bits per heavy atom. The number of hydrogen-bond donors (Lipinski definition) is 1. The van der Waals surface area contributed by atoms with Crippen molar-refractivity contribution in [2.75, 3.05) is 6.61 Å². The summed E-state index contributed by atoms with van der Waals surface area (Å²) < 4.78 is 10.7. The minimum Gasteiger partial charge on any atom is -0.368 e. The summed E-state index contributed by atoms with van der Waals surface area (Å²) in [4.78, 5) is 0. The molecule has 0 aliphatic carbocycles. The fraction of sp³-hybridized carbons (Fsp3) is 1.00. The number of hydrogen-bond acceptors (Lipinski definition) is 3. The molecule has 18 heavy (non-hydrogen) atoms. The van der Waals surface area contributed by atoms with Crippen LogP contribution in [0.4, 0.5) is 0 Å². The third-order valence-electron chi connectivity index (χ3n) is 3.52. The van der Waals surface area contributed by atoms with Gasteiger partial charge in [0.1, 0.15) is 0 Å². The van der Waals surface area contributed by atoms with Crippen LogP contribution >= 0.6 is 0 Å². The van der Waals surface area contributed by atoms with Gasteiger partial charge in [-0.15, -0.1) is 0 Å². The minimum absolute atomic E-state index is 0.168. The van der Waals surface area contributed by atoms with E-state index in [-0.39, 0.29) is 6.29 Å². The monoisotopic (exact) mass is 258 g/mol. The number of aliphatic hydroxyl groups excluding tert-OH is 1. The predicted molar refractivity (Wildman–Crippen MR) is 73.3 cm³/mol. The van der Waals surface area contributed by atoms with Gasteiger partial charge in [0.2, 0.25) is 0 Å². The van der Waals surface area contributed by atoms with Crippen LogP contribution in [-0.2, 0) is 9.47 Å². The van der Waals surface area contributed by atoms with Gasteiger partial charge in [0, 0.05) is 6.42 Å². The SMILES string of the molecule is CCCCCCCCCCCC1OCCC(O)O1. The van der Waals surface area contributed by atoms with Crippen molar-refractivity contribution >= 4 is 0 Å². The van der Waals surface area contributed by atoms with Crippen molar-refractivity contribution in [1.29, 1.82) is 0 Å². The highest BCUT2D eigenvalue weighted by molar-refractivity contribution is 4.56. The topological polar surface area (TPSA) is 38.7 Å². The van der Waals surface area contributed by atoms with Crippen LogP contribution in [0.3, 0.4) is 0 Å². The molecular weight excluding hydrogens is 228 g/mol. The zero-order chi connectivity index (χ0) is 13.1. The van der Waals surface area contributed by atoms with Crippen molar-refractivity contribution in [3.8, 4) is 0 Å². The molecule has 1 aliphatic heterocycles. The first-order chi connectivity index (χ1) is 8.83. The zero-order valence-corrected chi connectivity index (χ0v) is 11.9. The lowest BCUT2D eigenvalue weighted by Crippen LogP contribution is -2.31. The fourth-order valence-electron chi connectivity index (χ4n) is 2.36. The summed E-state index contributed by atoms with van der Waals surface area (Å²) in [5.41, 5.74) is 0. The molecule has 1 N–H and O–H groups in total. The van der Waals surface area contributed by atoms with Crippen molar-refractivity contribution in [3.63, 3.8) is 0 Å². The van der Waals surface area contributed by atoms with Crippen LogP contribution in [-0.4, -0.2) is 24.3 Å². The Labute approximate surface area is 112 Å². The van der Waals surface area contributed by atoms with Crippen molar-refractivity contribution in [2.24, 2.45) is 0 Å². The third kappa shape index (κ3) is 8.06. The van der Waals surface area contributed by atoms with Crippen LogP contribution in [0.1, 0.15) is 77.6 Å². The van der Waals surface area contributed by atoms with Crippen molar-refractivity contribution in [1.82, 2.24) is 0 Å². The van der Waals surface area contributed by atoms with Crippen LogP contribution in [0.15, 0.2) is 0 Å². The van der Waals surface area contributed by atoms with E-state index in [9.17, 15) is 5.11 Å². The Morgan fingerprint density at radius 2 is 1.56 bits per heavy atom. The molecule has 1 heterocycles. The van der Waals surface area contributed by atoms with E-state index in [0.29, 0.717) is 13.0 Å². The number of aliphatic hydroxyl groups is 1. The lowest BCUT2D eigenvalue weighted by Gasteiger charge is -2.27. The molecule has 0 radical (unpaired) electrons. The first-order valence-corrected chi connectivity index (χ1v) is 7.78. The average molecular weight is 258 g/mol. The van der Waals surface area contributed by atoms with E-state index < -0.39 is 6.29 Å². The molecule has 0 aromatic rings. The highest BCUT2D eigenvalue weighted by Crippen LogP contribution is 2.17. The highest BCUT2D eigenvalue weighted by Gasteiger charge is 2.19. The van der Waals surface area contributed by atoms with Gasteiger partial charge in [0.05, 0.1) is 6.61 Å². The number of rotatable bonds is 10. The van der Waals surface area contributed by atoms with E-state index in [4.69, 9.17) is 9.47 Å². The van der Waals surface area contributed by atoms with Crippen molar-refractivity contribution in [3.05, 3.63) is 0 Å². The maximum atomic E-state index is 9.32. The van der Waals surface area contributed by atoms with Gasteiger partial charge in [-0.25, -0.2) is 0 Å². The second-order valence-electron chi connectivity index (χ2n) is 5.30. The second-order valence-corrected chi connectivity index (χ2v) is 5.30. The van der Waals surface area contributed by atoms with Crippen molar-refractivity contribution < 1.29 is 14.6 Å². The number of ether oxygens (including phenoxy) is 2. The minimum atomic E-state index is -0.609. The van der Waals surface area contributed by atoms with Crippen LogP contribution in [0.5, 0.6) is 0 Å². The summed E-state index contributed by atoms with van der Waals surface area (Å²) in [7, 11) is 0. The standard InChI is InChI=1S/C15H30O3/c1-2-3-4-5-6-7-8-9-10-11-15-17-13-12-14(16)18-15/h14-16H,2-13H2,1H3. The molecule has 2 atom stereocenters. The van der Waals surface area contributed by atoms with E-state index in [1.807, 2.05) is 0 Å². The first-order valence-electron chi connectivity index (χ1n) is 7.78. The Morgan fingerprint density at radius 1 is 0.944 bits per heavy atom. The summed E-state index contributed by atoms with van der Waals surface area (Å²) in [6.45, 7) is 2.88. The van der Waals surface area contributed by atoms with Gasteiger partial charge in [-0.1, -0.05) is 58.3 Å². The highest BCUT2D eigenvalue weighted by atomic mass is 16.7. The average Bonchev–Trinajstić information content (AvgIpc) is 2.37. The van der Waals surface area contributed by atoms with E-state index in [2.05, 4.69) is 6.92 Å². The van der Waals surface area contributed by atoms with Gasteiger partial charge in [0.25, 0.3) is 0 Å². The maximum absolute atomic E-state index is 9.32. The quantitative estimate of drug-likeness (QED) is 0.602. The number of unbranched alkanes of at least 4 members (excludes halogenated alkanes) is 8. The third-order valence-corrected chi connectivity index (χ3v) is 3.52. The summed E-state index contributed by atoms with van der Waals surface area (Å²) >= 11 is 0. The molecule has 108 valence electrons. The maximum Gasteiger partial charge on any atom is 0.160 e. The molecular formula is C15H30O3. The molecule has 1 rings (SSSR count). The lowest BCUT2D eigenvalue weighted by atomic mass is 10.1. The molecule has 0 bridgehead atoms. The Balaban J connectivity index is 1.80. The molecule has 0 saturated carbocycles. The molecule has 3 heteroatoms. The van der Waals surface area contributed by atoms with Gasteiger partial charge < -0.3 is 14.6 Å². The van der Waals surface area contributed by atoms with Gasteiger partial charge in [-0.3, -0.25) is 0 Å². The Bertz CT molecular complexity index is 185. The van der Waals surface area contributed by atoms with Crippen LogP contribution in [0, 0.1) is 0 Å². The summed E-state index contributed by atoms with van der Waals surface area (Å²) in [5.74, 6) is 0. The largest absolute Gasteiger partial charge is 0.368 e. The summed E-state index contributed by atoms with van der Waals surface area (Å²) in [6, 6.07) is 0. The molecule has 2 unspecified atom stereocenters. The molecule has 0 spiro atoms. The Kier molecular flexibility index (Phi) is 9.54. The molecule has 1 fully saturated rings. The van der Waals surface area contributed by atoms with Gasteiger partial charge in [-0.2, -0.15) is 0 Å². The van der Waals surface area contributed by atoms with Gasteiger partial charge >= 0.3 is 0 Å². The van der Waals surface area contributed by atoms with E-state index in [1.165, 1.54) is 51.4 Å². The van der Waals surface area contributed by atoms with Crippen LogP contribution in [0.25, 0.3) is 0 Å².